The van der Waals surface area contributed by atoms with Gasteiger partial charge >= 0.3 is 0 Å². The number of hydrogen-bond donors (Lipinski definition) is 3. The number of rotatable bonds is 7. The number of anilines is 1. The molecule has 23 heavy (non-hydrogen) atoms. The smallest absolute Gasteiger partial charge is 0.251 e. The van der Waals surface area contributed by atoms with Crippen LogP contribution in [0.1, 0.15) is 36.5 Å². The molecule has 0 bridgehead atoms. The molecule has 3 N–H and O–H groups in total. The van der Waals surface area contributed by atoms with E-state index in [1.165, 1.54) is 5.01 Å². The van der Waals surface area contributed by atoms with Gasteiger partial charge in [-0.2, -0.15) is 0 Å². The van der Waals surface area contributed by atoms with Crippen LogP contribution in [0.3, 0.4) is 0 Å². The van der Waals surface area contributed by atoms with Gasteiger partial charge in [-0.15, -0.1) is 0 Å². The number of nitrogens with zero attached hydrogens (tertiary/aromatic N) is 1. The predicted octanol–water partition coefficient (Wildman–Crippen LogP) is 0.574. The SMILES string of the molecule is CCCNCCNC(=O)c1ccc(N2NC(=O)CCC2=O)cc1. The molecule has 0 spiro atoms. The van der Waals surface area contributed by atoms with E-state index >= 15 is 0 Å². The molecule has 1 heterocycles. The molecule has 0 aliphatic carbocycles. The second kappa shape index (κ2) is 8.28. The lowest BCUT2D eigenvalue weighted by molar-refractivity contribution is -0.130. The fraction of sp³-hybridized carbons (Fsp3) is 0.438. The van der Waals surface area contributed by atoms with Crippen molar-refractivity contribution in [1.29, 1.82) is 0 Å². The molecule has 124 valence electrons. The molecular formula is C16H22N4O3. The van der Waals surface area contributed by atoms with E-state index in [1.54, 1.807) is 24.3 Å². The van der Waals surface area contributed by atoms with Gasteiger partial charge in [0, 0.05) is 31.5 Å². The van der Waals surface area contributed by atoms with Crippen LogP contribution in [0.5, 0.6) is 0 Å². The van der Waals surface area contributed by atoms with Crippen molar-refractivity contribution in [3.05, 3.63) is 29.8 Å². The number of nitrogens with one attached hydrogen (secondary N) is 3. The maximum Gasteiger partial charge on any atom is 0.251 e. The average molecular weight is 318 g/mol. The first-order valence-electron chi connectivity index (χ1n) is 7.83. The molecule has 1 saturated heterocycles. The largest absolute Gasteiger partial charge is 0.351 e. The van der Waals surface area contributed by atoms with Crippen LogP contribution in [0.2, 0.25) is 0 Å². The molecule has 1 fully saturated rings. The zero-order valence-corrected chi connectivity index (χ0v) is 13.2. The minimum atomic E-state index is -0.189. The monoisotopic (exact) mass is 318 g/mol. The van der Waals surface area contributed by atoms with Crippen molar-refractivity contribution in [2.24, 2.45) is 0 Å². The van der Waals surface area contributed by atoms with Crippen LogP contribution < -0.4 is 21.1 Å². The number of carbonyl (C=O) groups is 3. The second-order valence-electron chi connectivity index (χ2n) is 5.32. The molecule has 1 aromatic rings. The molecule has 7 heteroatoms. The standard InChI is InChI=1S/C16H22N4O3/c1-2-9-17-10-11-18-16(23)12-3-5-13(6-4-12)20-15(22)8-7-14(21)19-20/h3-6,17H,2,7-11H2,1H3,(H,18,23)(H,19,21). The second-order valence-corrected chi connectivity index (χ2v) is 5.32. The maximum absolute atomic E-state index is 12.0. The Labute approximate surface area is 135 Å². The highest BCUT2D eigenvalue weighted by Gasteiger charge is 2.24. The van der Waals surface area contributed by atoms with Gasteiger partial charge in [0.15, 0.2) is 0 Å². The van der Waals surface area contributed by atoms with Gasteiger partial charge < -0.3 is 10.6 Å². The summed E-state index contributed by atoms with van der Waals surface area (Å²) in [6, 6.07) is 6.57. The number of hydrazine groups is 1. The van der Waals surface area contributed by atoms with E-state index in [0.29, 0.717) is 17.8 Å². The number of hydrogen-bond acceptors (Lipinski definition) is 4. The van der Waals surface area contributed by atoms with Gasteiger partial charge in [-0.3, -0.25) is 19.8 Å². The number of amides is 3. The minimum absolute atomic E-state index is 0.163. The van der Waals surface area contributed by atoms with E-state index < -0.39 is 0 Å². The van der Waals surface area contributed by atoms with Crippen LogP contribution in [0, 0.1) is 0 Å². The third-order valence-corrected chi connectivity index (χ3v) is 3.45. The number of carbonyl (C=O) groups excluding carboxylic acids is 3. The van der Waals surface area contributed by atoms with E-state index in [4.69, 9.17) is 0 Å². The summed E-state index contributed by atoms with van der Waals surface area (Å²) in [5, 5.41) is 7.25. The Balaban J connectivity index is 1.89. The third kappa shape index (κ3) is 4.79. The van der Waals surface area contributed by atoms with Crippen molar-refractivity contribution < 1.29 is 14.4 Å². The summed E-state index contributed by atoms with van der Waals surface area (Å²) in [5.74, 6) is -0.515. The van der Waals surface area contributed by atoms with E-state index in [0.717, 1.165) is 19.5 Å². The van der Waals surface area contributed by atoms with Gasteiger partial charge in [0.2, 0.25) is 11.8 Å². The van der Waals surface area contributed by atoms with Crippen molar-refractivity contribution >= 4 is 23.4 Å². The van der Waals surface area contributed by atoms with Crippen LogP contribution >= 0.6 is 0 Å². The van der Waals surface area contributed by atoms with E-state index in [2.05, 4.69) is 23.0 Å². The first kappa shape index (κ1) is 17.0. The normalized spacial score (nSPS) is 14.6. The molecule has 0 atom stereocenters. The summed E-state index contributed by atoms with van der Waals surface area (Å²) in [7, 11) is 0. The highest BCUT2D eigenvalue weighted by Crippen LogP contribution is 2.17. The molecule has 0 aromatic heterocycles. The summed E-state index contributed by atoms with van der Waals surface area (Å²) < 4.78 is 0. The molecule has 0 radical (unpaired) electrons. The lowest BCUT2D eigenvalue weighted by atomic mass is 10.1. The molecule has 7 nitrogen and oxygen atoms in total. The topological polar surface area (TPSA) is 90.5 Å². The fourth-order valence-corrected chi connectivity index (χ4v) is 2.21. The van der Waals surface area contributed by atoms with E-state index in [9.17, 15) is 14.4 Å². The first-order valence-corrected chi connectivity index (χ1v) is 7.83. The summed E-state index contributed by atoms with van der Waals surface area (Å²) in [6.45, 7) is 4.30. The van der Waals surface area contributed by atoms with Gasteiger partial charge in [0.05, 0.1) is 5.69 Å². The molecule has 0 unspecified atom stereocenters. The maximum atomic E-state index is 12.0. The fourth-order valence-electron chi connectivity index (χ4n) is 2.21. The number of benzene rings is 1. The highest BCUT2D eigenvalue weighted by atomic mass is 16.2. The predicted molar refractivity (Wildman–Crippen MR) is 86.8 cm³/mol. The Kier molecular flexibility index (Phi) is 6.10. The quantitative estimate of drug-likeness (QED) is 0.641. The Morgan fingerprint density at radius 1 is 1.13 bits per heavy atom. The van der Waals surface area contributed by atoms with Crippen molar-refractivity contribution in [3.8, 4) is 0 Å². The summed E-state index contributed by atoms with van der Waals surface area (Å²) >= 11 is 0. The average Bonchev–Trinajstić information content (AvgIpc) is 2.57. The summed E-state index contributed by atoms with van der Waals surface area (Å²) in [6.07, 6.45) is 1.46. The van der Waals surface area contributed by atoms with Crippen LogP contribution in [0.25, 0.3) is 0 Å². The Morgan fingerprint density at radius 3 is 2.57 bits per heavy atom. The lowest BCUT2D eigenvalue weighted by Crippen LogP contribution is -2.50. The van der Waals surface area contributed by atoms with Crippen molar-refractivity contribution in [3.63, 3.8) is 0 Å². The first-order chi connectivity index (χ1) is 11.1. The van der Waals surface area contributed by atoms with Gasteiger partial charge in [0.25, 0.3) is 5.91 Å². The van der Waals surface area contributed by atoms with Crippen molar-refractivity contribution in [1.82, 2.24) is 16.1 Å². The highest BCUT2D eigenvalue weighted by molar-refractivity contribution is 6.01. The van der Waals surface area contributed by atoms with Gasteiger partial charge in [-0.05, 0) is 37.2 Å². The van der Waals surface area contributed by atoms with E-state index in [1.807, 2.05) is 0 Å². The van der Waals surface area contributed by atoms with Gasteiger partial charge in [-0.25, -0.2) is 5.01 Å². The lowest BCUT2D eigenvalue weighted by Gasteiger charge is -2.27. The Hall–Kier alpha value is -2.41. The molecule has 2 rings (SSSR count). The Bertz CT molecular complexity index is 571. The zero-order chi connectivity index (χ0) is 16.7. The summed E-state index contributed by atoms with van der Waals surface area (Å²) in [5.41, 5.74) is 3.58. The minimum Gasteiger partial charge on any atom is -0.351 e. The molecule has 0 saturated carbocycles. The Morgan fingerprint density at radius 2 is 1.87 bits per heavy atom. The van der Waals surface area contributed by atoms with Crippen LogP contribution in [0.4, 0.5) is 5.69 Å². The molecule has 1 aromatic carbocycles. The molecular weight excluding hydrogens is 296 g/mol. The van der Waals surface area contributed by atoms with Gasteiger partial charge in [-0.1, -0.05) is 6.92 Å². The molecule has 3 amide bonds. The molecule has 1 aliphatic rings. The van der Waals surface area contributed by atoms with Crippen molar-refractivity contribution in [2.45, 2.75) is 26.2 Å². The summed E-state index contributed by atoms with van der Waals surface area (Å²) in [4.78, 5) is 35.2. The third-order valence-electron chi connectivity index (χ3n) is 3.45. The van der Waals surface area contributed by atoms with E-state index in [-0.39, 0.29) is 30.6 Å². The zero-order valence-electron chi connectivity index (χ0n) is 13.2. The van der Waals surface area contributed by atoms with Crippen LogP contribution in [-0.4, -0.2) is 37.4 Å². The van der Waals surface area contributed by atoms with Crippen molar-refractivity contribution in [2.75, 3.05) is 24.6 Å². The van der Waals surface area contributed by atoms with Crippen LogP contribution in [0.15, 0.2) is 24.3 Å². The van der Waals surface area contributed by atoms with Gasteiger partial charge in [0.1, 0.15) is 0 Å². The molecule has 1 aliphatic heterocycles. The van der Waals surface area contributed by atoms with Crippen LogP contribution in [-0.2, 0) is 9.59 Å².